The molecule has 0 spiro atoms. The van der Waals surface area contributed by atoms with Crippen molar-refractivity contribution in [2.45, 2.75) is 13.0 Å². The highest BCUT2D eigenvalue weighted by Crippen LogP contribution is 2.17. The number of sulfonamides is 1. The summed E-state index contributed by atoms with van der Waals surface area (Å²) in [5.41, 5.74) is 0.766. The van der Waals surface area contributed by atoms with Crippen LogP contribution in [0.25, 0.3) is 0 Å². The predicted molar refractivity (Wildman–Crippen MR) is 67.1 cm³/mol. The van der Waals surface area contributed by atoms with Crippen LogP contribution in [0.5, 0.6) is 0 Å². The first-order valence-electron chi connectivity index (χ1n) is 4.77. The molecule has 0 fully saturated rings. The highest BCUT2D eigenvalue weighted by atomic mass is 79.9. The zero-order valence-electron chi connectivity index (χ0n) is 9.05. The van der Waals surface area contributed by atoms with Gasteiger partial charge in [0.1, 0.15) is 0 Å². The molecule has 0 radical (unpaired) electrons. The van der Waals surface area contributed by atoms with Gasteiger partial charge in [-0.1, -0.05) is 28.1 Å². The summed E-state index contributed by atoms with van der Waals surface area (Å²) in [6.45, 7) is 1.66. The normalized spacial score (nSPS) is 13.3. The Morgan fingerprint density at radius 2 is 1.94 bits per heavy atom. The van der Waals surface area contributed by atoms with E-state index in [1.54, 1.807) is 31.2 Å². The second kappa shape index (κ2) is 5.61. The number of carboxylic acid groups (broad SMARTS) is 1. The van der Waals surface area contributed by atoms with Crippen LogP contribution < -0.4 is 4.72 Å². The lowest BCUT2D eigenvalue weighted by atomic mass is 10.1. The van der Waals surface area contributed by atoms with E-state index in [1.807, 2.05) is 0 Å². The van der Waals surface area contributed by atoms with Gasteiger partial charge in [0.05, 0.1) is 0 Å². The molecule has 2 N–H and O–H groups in total. The van der Waals surface area contributed by atoms with E-state index in [0.717, 1.165) is 10.0 Å². The molecule has 0 bridgehead atoms. The zero-order chi connectivity index (χ0) is 13.1. The number of carbonyl (C=O) groups is 1. The summed E-state index contributed by atoms with van der Waals surface area (Å²) in [5, 5.41) is 8.44. The van der Waals surface area contributed by atoms with Gasteiger partial charge in [-0.05, 0) is 24.6 Å². The molecule has 0 unspecified atom stereocenters. The Balaban J connectivity index is 2.75. The molecule has 5 nitrogen and oxygen atoms in total. The van der Waals surface area contributed by atoms with Gasteiger partial charge in [0, 0.05) is 10.5 Å². The van der Waals surface area contributed by atoms with Crippen molar-refractivity contribution >= 4 is 31.9 Å². The molecule has 0 saturated carbocycles. The standard InChI is InChI=1S/C10H12BrNO4S/c1-7(8-2-4-9(11)5-3-8)12-17(15,16)6-10(13)14/h2-5,7,12H,6H2,1H3,(H,13,14)/t7-/m0/s1. The molecule has 0 heterocycles. The molecule has 1 aromatic rings. The summed E-state index contributed by atoms with van der Waals surface area (Å²) < 4.78 is 26.0. The van der Waals surface area contributed by atoms with Crippen LogP contribution in [0.15, 0.2) is 28.7 Å². The van der Waals surface area contributed by atoms with Crippen LogP contribution in [0.1, 0.15) is 18.5 Å². The number of hydrogen-bond donors (Lipinski definition) is 2. The summed E-state index contributed by atoms with van der Waals surface area (Å²) >= 11 is 3.27. The van der Waals surface area contributed by atoms with E-state index >= 15 is 0 Å². The van der Waals surface area contributed by atoms with E-state index in [9.17, 15) is 13.2 Å². The van der Waals surface area contributed by atoms with E-state index in [4.69, 9.17) is 5.11 Å². The molecule has 0 aliphatic heterocycles. The zero-order valence-corrected chi connectivity index (χ0v) is 11.5. The average molecular weight is 322 g/mol. The topological polar surface area (TPSA) is 83.5 Å². The number of aliphatic carboxylic acids is 1. The van der Waals surface area contributed by atoms with Crippen molar-refractivity contribution in [1.82, 2.24) is 4.72 Å². The van der Waals surface area contributed by atoms with Gasteiger partial charge in [-0.2, -0.15) is 0 Å². The van der Waals surface area contributed by atoms with Crippen molar-refractivity contribution in [2.75, 3.05) is 5.75 Å². The van der Waals surface area contributed by atoms with Gasteiger partial charge in [-0.3, -0.25) is 4.79 Å². The fourth-order valence-corrected chi connectivity index (χ4v) is 2.64. The van der Waals surface area contributed by atoms with Crippen LogP contribution in [-0.4, -0.2) is 25.2 Å². The maximum absolute atomic E-state index is 11.4. The molecule has 17 heavy (non-hydrogen) atoms. The lowest BCUT2D eigenvalue weighted by Crippen LogP contribution is -2.32. The Morgan fingerprint density at radius 3 is 2.41 bits per heavy atom. The molecule has 0 aromatic heterocycles. The Kier molecular flexibility index (Phi) is 4.67. The fraction of sp³-hybridized carbons (Fsp3) is 0.300. The van der Waals surface area contributed by atoms with E-state index in [2.05, 4.69) is 20.7 Å². The van der Waals surface area contributed by atoms with Crippen molar-refractivity contribution in [3.63, 3.8) is 0 Å². The Hall–Kier alpha value is -0.920. The quantitative estimate of drug-likeness (QED) is 0.861. The van der Waals surface area contributed by atoms with Crippen molar-refractivity contribution in [3.05, 3.63) is 34.3 Å². The number of hydrogen-bond acceptors (Lipinski definition) is 3. The third-order valence-electron chi connectivity index (χ3n) is 2.04. The van der Waals surface area contributed by atoms with E-state index in [-0.39, 0.29) is 0 Å². The summed E-state index contributed by atoms with van der Waals surface area (Å²) in [7, 11) is -3.80. The van der Waals surface area contributed by atoms with Gasteiger partial charge in [0.15, 0.2) is 5.75 Å². The van der Waals surface area contributed by atoms with Gasteiger partial charge >= 0.3 is 5.97 Å². The molecule has 7 heteroatoms. The first-order valence-corrected chi connectivity index (χ1v) is 7.22. The molecule has 1 atom stereocenters. The molecule has 1 aromatic carbocycles. The van der Waals surface area contributed by atoms with Crippen molar-refractivity contribution in [2.24, 2.45) is 0 Å². The number of carboxylic acids is 1. The van der Waals surface area contributed by atoms with Gasteiger partial charge in [-0.25, -0.2) is 13.1 Å². The number of rotatable bonds is 5. The maximum Gasteiger partial charge on any atom is 0.320 e. The third-order valence-corrected chi connectivity index (χ3v) is 3.91. The predicted octanol–water partition coefficient (Wildman–Crippen LogP) is 1.51. The van der Waals surface area contributed by atoms with Gasteiger partial charge in [0.2, 0.25) is 10.0 Å². The van der Waals surface area contributed by atoms with Crippen LogP contribution in [0, 0.1) is 0 Å². The highest BCUT2D eigenvalue weighted by molar-refractivity contribution is 9.10. The number of benzene rings is 1. The SMILES string of the molecule is C[C@H](NS(=O)(=O)CC(=O)O)c1ccc(Br)cc1. The largest absolute Gasteiger partial charge is 0.480 e. The summed E-state index contributed by atoms with van der Waals surface area (Å²) in [5.74, 6) is -2.30. The number of nitrogens with one attached hydrogen (secondary N) is 1. The first kappa shape index (κ1) is 14.1. The molecule has 0 aliphatic carbocycles. The molecular weight excluding hydrogens is 310 g/mol. The summed E-state index contributed by atoms with van der Waals surface area (Å²) in [6.07, 6.45) is 0. The Labute approximate surface area is 108 Å². The summed E-state index contributed by atoms with van der Waals surface area (Å²) in [6, 6.07) is 6.64. The van der Waals surface area contributed by atoms with Crippen LogP contribution in [-0.2, 0) is 14.8 Å². The number of halogens is 1. The monoisotopic (exact) mass is 321 g/mol. The smallest absolute Gasteiger partial charge is 0.320 e. The highest BCUT2D eigenvalue weighted by Gasteiger charge is 2.19. The molecule has 94 valence electrons. The van der Waals surface area contributed by atoms with Crippen molar-refractivity contribution in [3.8, 4) is 0 Å². The van der Waals surface area contributed by atoms with Crippen LogP contribution in [0.4, 0.5) is 0 Å². The Bertz CT molecular complexity index is 498. The lowest BCUT2D eigenvalue weighted by Gasteiger charge is -2.13. The minimum Gasteiger partial charge on any atom is -0.480 e. The van der Waals surface area contributed by atoms with E-state index < -0.39 is 27.8 Å². The second-order valence-electron chi connectivity index (χ2n) is 3.54. The molecule has 0 amide bonds. The Morgan fingerprint density at radius 1 is 1.41 bits per heavy atom. The van der Waals surface area contributed by atoms with E-state index in [1.165, 1.54) is 0 Å². The first-order chi connectivity index (χ1) is 7.80. The van der Waals surface area contributed by atoms with E-state index in [0.29, 0.717) is 0 Å². The minimum absolute atomic E-state index is 0.465. The molecule has 0 saturated heterocycles. The molecular formula is C10H12BrNO4S. The van der Waals surface area contributed by atoms with Gasteiger partial charge < -0.3 is 5.11 Å². The second-order valence-corrected chi connectivity index (χ2v) is 6.21. The minimum atomic E-state index is -3.80. The van der Waals surface area contributed by atoms with Gasteiger partial charge in [-0.15, -0.1) is 0 Å². The van der Waals surface area contributed by atoms with Crippen LogP contribution >= 0.6 is 15.9 Å². The van der Waals surface area contributed by atoms with Crippen LogP contribution in [0.3, 0.4) is 0 Å². The summed E-state index contributed by atoms with van der Waals surface area (Å²) in [4.78, 5) is 10.4. The van der Waals surface area contributed by atoms with Crippen molar-refractivity contribution in [1.29, 1.82) is 0 Å². The van der Waals surface area contributed by atoms with Crippen molar-refractivity contribution < 1.29 is 18.3 Å². The average Bonchev–Trinajstić information content (AvgIpc) is 2.15. The third kappa shape index (κ3) is 4.84. The molecule has 1 rings (SSSR count). The fourth-order valence-electron chi connectivity index (χ4n) is 1.29. The lowest BCUT2D eigenvalue weighted by molar-refractivity contribution is -0.134. The molecule has 0 aliphatic rings. The van der Waals surface area contributed by atoms with Crippen LogP contribution in [0.2, 0.25) is 0 Å². The maximum atomic E-state index is 11.4. The van der Waals surface area contributed by atoms with Gasteiger partial charge in [0.25, 0.3) is 0 Å².